The molecule has 5 heteroatoms. The van der Waals surface area contributed by atoms with Gasteiger partial charge in [-0.2, -0.15) is 0 Å². The number of aryl methyl sites for hydroxylation is 1. The first-order valence-electron chi connectivity index (χ1n) is 12.4. The highest BCUT2D eigenvalue weighted by Crippen LogP contribution is 2.51. The van der Waals surface area contributed by atoms with Crippen molar-refractivity contribution in [2.45, 2.75) is 64.1 Å². The molecule has 1 aliphatic carbocycles. The lowest BCUT2D eigenvalue weighted by molar-refractivity contribution is 0.102. The Morgan fingerprint density at radius 2 is 1.26 bits per heavy atom. The third-order valence-corrected chi connectivity index (χ3v) is 7.74. The van der Waals surface area contributed by atoms with Gasteiger partial charge in [-0.1, -0.05) is 104 Å². The maximum absolute atomic E-state index is 13.4. The second-order valence-electron chi connectivity index (χ2n) is 8.98. The average molecular weight is 479 g/mol. The molecule has 1 saturated carbocycles. The monoisotopic (exact) mass is 478 g/mol. The van der Waals surface area contributed by atoms with Crippen molar-refractivity contribution < 1.29 is 18.1 Å². The van der Waals surface area contributed by atoms with Crippen molar-refractivity contribution in [3.8, 4) is 0 Å². The molecule has 0 aliphatic heterocycles. The van der Waals surface area contributed by atoms with Gasteiger partial charge in [0.1, 0.15) is 0 Å². The van der Waals surface area contributed by atoms with Gasteiger partial charge in [-0.25, -0.2) is 4.57 Å². The lowest BCUT2D eigenvalue weighted by Crippen LogP contribution is -2.05. The molecule has 4 nitrogen and oxygen atoms in total. The molecule has 3 aromatic rings. The van der Waals surface area contributed by atoms with E-state index >= 15 is 0 Å². The lowest BCUT2D eigenvalue weighted by atomic mass is 9.83. The minimum Gasteiger partial charge on any atom is -0.287 e. The van der Waals surface area contributed by atoms with Crippen molar-refractivity contribution in [2.75, 3.05) is 6.61 Å². The summed E-state index contributed by atoms with van der Waals surface area (Å²) in [6.07, 6.45) is 8.26. The quantitative estimate of drug-likeness (QED) is 0.194. The van der Waals surface area contributed by atoms with Gasteiger partial charge in [-0.05, 0) is 53.9 Å². The van der Waals surface area contributed by atoms with E-state index in [1.807, 2.05) is 60.7 Å². The summed E-state index contributed by atoms with van der Waals surface area (Å²) in [6, 6.07) is 28.3. The van der Waals surface area contributed by atoms with Crippen molar-refractivity contribution >= 4 is 7.82 Å². The van der Waals surface area contributed by atoms with Gasteiger partial charge in [0.05, 0.1) is 19.8 Å². The van der Waals surface area contributed by atoms with Crippen molar-refractivity contribution in [1.29, 1.82) is 0 Å². The second kappa shape index (κ2) is 13.0. The molecule has 0 atom stereocenters. The minimum atomic E-state index is -3.70. The molecule has 0 saturated heterocycles. The predicted octanol–water partition coefficient (Wildman–Crippen LogP) is 8.23. The molecule has 0 spiro atoms. The van der Waals surface area contributed by atoms with Gasteiger partial charge >= 0.3 is 7.82 Å². The highest BCUT2D eigenvalue weighted by molar-refractivity contribution is 7.48. The summed E-state index contributed by atoms with van der Waals surface area (Å²) in [5, 5.41) is 0. The third kappa shape index (κ3) is 7.92. The summed E-state index contributed by atoms with van der Waals surface area (Å²) >= 11 is 0. The summed E-state index contributed by atoms with van der Waals surface area (Å²) in [4.78, 5) is 0. The van der Waals surface area contributed by atoms with E-state index < -0.39 is 7.82 Å². The Bertz CT molecular complexity index is 985. The number of hydrogen-bond acceptors (Lipinski definition) is 4. The summed E-state index contributed by atoms with van der Waals surface area (Å²) in [5.41, 5.74) is 4.61. The number of phosphoric acid groups is 1. The largest absolute Gasteiger partial charge is 0.475 e. The van der Waals surface area contributed by atoms with Gasteiger partial charge in [-0.15, -0.1) is 0 Å². The zero-order chi connectivity index (χ0) is 23.5. The van der Waals surface area contributed by atoms with Crippen LogP contribution in [0.15, 0.2) is 84.9 Å². The molecule has 1 fully saturated rings. The second-order valence-corrected chi connectivity index (χ2v) is 10.7. The van der Waals surface area contributed by atoms with Crippen LogP contribution in [0.3, 0.4) is 0 Å². The maximum Gasteiger partial charge on any atom is 0.475 e. The molecular weight excluding hydrogens is 443 g/mol. The van der Waals surface area contributed by atoms with Crippen LogP contribution in [0, 0.1) is 0 Å². The van der Waals surface area contributed by atoms with E-state index in [2.05, 4.69) is 24.3 Å². The van der Waals surface area contributed by atoms with Crippen LogP contribution < -0.4 is 0 Å². The number of phosphoric ester groups is 1. The molecule has 4 rings (SSSR count). The smallest absolute Gasteiger partial charge is 0.287 e. The van der Waals surface area contributed by atoms with E-state index in [-0.39, 0.29) is 13.2 Å². The Morgan fingerprint density at radius 3 is 1.88 bits per heavy atom. The molecule has 3 aromatic carbocycles. The van der Waals surface area contributed by atoms with Gasteiger partial charge in [0.25, 0.3) is 0 Å². The Kier molecular flexibility index (Phi) is 9.53. The molecule has 0 amide bonds. The van der Waals surface area contributed by atoms with Gasteiger partial charge in [0, 0.05) is 0 Å². The predicted molar refractivity (Wildman–Crippen MR) is 137 cm³/mol. The molecule has 180 valence electrons. The molecule has 0 heterocycles. The Hall–Kier alpha value is -2.23. The molecular formula is C29H35O4P. The van der Waals surface area contributed by atoms with Crippen molar-refractivity contribution in [2.24, 2.45) is 0 Å². The van der Waals surface area contributed by atoms with E-state index in [1.165, 1.54) is 43.2 Å². The molecule has 0 unspecified atom stereocenters. The number of benzene rings is 3. The van der Waals surface area contributed by atoms with Crippen LogP contribution in [0.5, 0.6) is 0 Å². The Labute approximate surface area is 203 Å². The van der Waals surface area contributed by atoms with E-state index in [1.54, 1.807) is 0 Å². The van der Waals surface area contributed by atoms with Crippen molar-refractivity contribution in [3.63, 3.8) is 0 Å². The Morgan fingerprint density at radius 1 is 0.676 bits per heavy atom. The molecule has 0 aromatic heterocycles. The molecule has 0 bridgehead atoms. The maximum atomic E-state index is 13.4. The topological polar surface area (TPSA) is 44.8 Å². The van der Waals surface area contributed by atoms with E-state index in [0.717, 1.165) is 24.0 Å². The molecule has 1 aliphatic rings. The van der Waals surface area contributed by atoms with E-state index in [0.29, 0.717) is 12.5 Å². The highest BCUT2D eigenvalue weighted by atomic mass is 31.2. The van der Waals surface area contributed by atoms with Crippen LogP contribution in [0.25, 0.3) is 0 Å². The minimum absolute atomic E-state index is 0.177. The number of hydrogen-bond donors (Lipinski definition) is 0. The van der Waals surface area contributed by atoms with Crippen LogP contribution in [0.2, 0.25) is 0 Å². The van der Waals surface area contributed by atoms with Crippen LogP contribution in [-0.2, 0) is 37.8 Å². The summed E-state index contributed by atoms with van der Waals surface area (Å²) in [6.45, 7) is 0.668. The van der Waals surface area contributed by atoms with E-state index in [9.17, 15) is 4.57 Å². The van der Waals surface area contributed by atoms with Crippen LogP contribution in [0.1, 0.15) is 66.7 Å². The fraction of sp³-hybridized carbons (Fsp3) is 0.379. The third-order valence-electron chi connectivity index (χ3n) is 6.35. The van der Waals surface area contributed by atoms with Crippen LogP contribution in [-0.4, -0.2) is 6.61 Å². The fourth-order valence-corrected chi connectivity index (χ4v) is 5.65. The molecule has 0 radical (unpaired) electrons. The Balaban J connectivity index is 1.31. The van der Waals surface area contributed by atoms with Crippen LogP contribution >= 0.6 is 7.82 Å². The van der Waals surface area contributed by atoms with Crippen molar-refractivity contribution in [1.82, 2.24) is 0 Å². The summed E-state index contributed by atoms with van der Waals surface area (Å²) in [7, 11) is -3.70. The molecule has 34 heavy (non-hydrogen) atoms. The normalized spacial score (nSPS) is 14.8. The zero-order valence-corrected chi connectivity index (χ0v) is 20.7. The first kappa shape index (κ1) is 24.9. The first-order valence-corrected chi connectivity index (χ1v) is 13.9. The van der Waals surface area contributed by atoms with Gasteiger partial charge < -0.3 is 0 Å². The van der Waals surface area contributed by atoms with Gasteiger partial charge in [0.2, 0.25) is 0 Å². The van der Waals surface area contributed by atoms with Gasteiger partial charge in [-0.3, -0.25) is 13.6 Å². The highest BCUT2D eigenvalue weighted by Gasteiger charge is 2.27. The standard InChI is InChI=1S/C29H35O4P/c30-34(32-23-26-12-4-1-5-13-26,33-24-27-14-6-2-7-15-27)31-21-11-17-25-16-10-20-29(22-25)28-18-8-3-9-19-28/h1-2,4-7,10,12-16,20,22,28H,3,8-9,11,17-19,21,23-24H2. The van der Waals surface area contributed by atoms with Crippen molar-refractivity contribution in [3.05, 3.63) is 107 Å². The molecule has 0 N–H and O–H groups in total. The number of rotatable bonds is 12. The van der Waals surface area contributed by atoms with Gasteiger partial charge in [0.15, 0.2) is 0 Å². The summed E-state index contributed by atoms with van der Waals surface area (Å²) in [5.74, 6) is 0.697. The lowest BCUT2D eigenvalue weighted by Gasteiger charge is -2.22. The SMILES string of the molecule is O=P(OCCCc1cccc(C2CCCCC2)c1)(OCc1ccccc1)OCc1ccccc1. The first-order chi connectivity index (χ1) is 16.7. The fourth-order valence-electron chi connectivity index (χ4n) is 4.46. The average Bonchev–Trinajstić information content (AvgIpc) is 2.91. The summed E-state index contributed by atoms with van der Waals surface area (Å²) < 4.78 is 30.5. The zero-order valence-electron chi connectivity index (χ0n) is 19.8. The van der Waals surface area contributed by atoms with E-state index in [4.69, 9.17) is 13.6 Å². The van der Waals surface area contributed by atoms with Crippen LogP contribution in [0.4, 0.5) is 0 Å².